The maximum atomic E-state index is 11.7. The predicted octanol–water partition coefficient (Wildman–Crippen LogP) is 1.83. The molecule has 0 aromatic heterocycles. The van der Waals surface area contributed by atoms with Crippen LogP contribution in [0.2, 0.25) is 0 Å². The number of rotatable bonds is 2. The van der Waals surface area contributed by atoms with E-state index in [1.165, 1.54) is 4.90 Å². The molecule has 0 aliphatic rings. The molecule has 0 bridgehead atoms. The Morgan fingerprint density at radius 1 is 1.24 bits per heavy atom. The highest BCUT2D eigenvalue weighted by molar-refractivity contribution is 6.37. The molecule has 0 spiro atoms. The second-order valence-corrected chi connectivity index (χ2v) is 3.85. The number of likely N-dealkylation sites (N-methyl/N-ethyl adjacent to an activating group) is 1. The van der Waals surface area contributed by atoms with Crippen LogP contribution >= 0.6 is 0 Å². The average Bonchev–Trinajstić information content (AvgIpc) is 2.31. The van der Waals surface area contributed by atoms with Crippen molar-refractivity contribution in [2.75, 3.05) is 18.6 Å². The van der Waals surface area contributed by atoms with Gasteiger partial charge in [0.2, 0.25) is 0 Å². The van der Waals surface area contributed by atoms with Crippen LogP contribution in [0.15, 0.2) is 18.2 Å². The summed E-state index contributed by atoms with van der Waals surface area (Å²) in [6.07, 6.45) is 0. The number of anilines is 1. The van der Waals surface area contributed by atoms with E-state index in [-0.39, 0.29) is 6.61 Å². The van der Waals surface area contributed by atoms with Crippen LogP contribution in [-0.2, 0) is 14.3 Å². The highest BCUT2D eigenvalue weighted by Gasteiger charge is 2.21. The number of hydrogen-bond donors (Lipinski definition) is 0. The molecule has 1 aromatic carbocycles. The van der Waals surface area contributed by atoms with Crippen molar-refractivity contribution < 1.29 is 14.3 Å². The van der Waals surface area contributed by atoms with Crippen molar-refractivity contribution in [2.45, 2.75) is 20.8 Å². The summed E-state index contributed by atoms with van der Waals surface area (Å²) in [6, 6.07) is 5.59. The average molecular weight is 235 g/mol. The summed E-state index contributed by atoms with van der Waals surface area (Å²) in [4.78, 5) is 24.3. The van der Waals surface area contributed by atoms with E-state index in [1.54, 1.807) is 20.0 Å². The Balaban J connectivity index is 2.88. The summed E-state index contributed by atoms with van der Waals surface area (Å²) in [7, 11) is 1.56. The molecule has 1 amide bonds. The molecular formula is C13H17NO3. The number of carbonyl (C=O) groups excluding carboxylic acids is 2. The van der Waals surface area contributed by atoms with E-state index >= 15 is 0 Å². The van der Waals surface area contributed by atoms with E-state index in [9.17, 15) is 9.59 Å². The summed E-state index contributed by atoms with van der Waals surface area (Å²) in [5.41, 5.74) is 2.91. The molecule has 0 fully saturated rings. The Labute approximate surface area is 101 Å². The van der Waals surface area contributed by atoms with Crippen molar-refractivity contribution in [3.63, 3.8) is 0 Å². The van der Waals surface area contributed by atoms with Gasteiger partial charge in [0.25, 0.3) is 0 Å². The lowest BCUT2D eigenvalue weighted by atomic mass is 10.1. The third-order valence-electron chi connectivity index (χ3n) is 2.63. The van der Waals surface area contributed by atoms with Crippen molar-refractivity contribution >= 4 is 17.6 Å². The highest BCUT2D eigenvalue weighted by atomic mass is 16.5. The first kappa shape index (κ1) is 13.2. The first-order chi connectivity index (χ1) is 7.97. The molecule has 0 unspecified atom stereocenters. The summed E-state index contributed by atoms with van der Waals surface area (Å²) in [5, 5.41) is 0. The molecular weight excluding hydrogens is 218 g/mol. The molecule has 0 atom stereocenters. The number of hydrogen-bond acceptors (Lipinski definition) is 3. The largest absolute Gasteiger partial charge is 0.459 e. The van der Waals surface area contributed by atoms with Crippen molar-refractivity contribution in [3.05, 3.63) is 29.3 Å². The van der Waals surface area contributed by atoms with Gasteiger partial charge in [-0.2, -0.15) is 0 Å². The van der Waals surface area contributed by atoms with Crippen LogP contribution in [0.4, 0.5) is 5.69 Å². The van der Waals surface area contributed by atoms with Gasteiger partial charge in [0, 0.05) is 12.7 Å². The predicted molar refractivity (Wildman–Crippen MR) is 66.0 cm³/mol. The van der Waals surface area contributed by atoms with Crippen molar-refractivity contribution in [1.29, 1.82) is 0 Å². The van der Waals surface area contributed by atoms with Gasteiger partial charge in [-0.15, -0.1) is 0 Å². The number of benzene rings is 1. The number of nitrogens with zero attached hydrogens (tertiary/aromatic N) is 1. The van der Waals surface area contributed by atoms with E-state index in [1.807, 2.05) is 26.0 Å². The summed E-state index contributed by atoms with van der Waals surface area (Å²) < 4.78 is 4.67. The fourth-order valence-corrected chi connectivity index (χ4v) is 1.38. The van der Waals surface area contributed by atoms with E-state index < -0.39 is 11.9 Å². The highest BCUT2D eigenvalue weighted by Crippen LogP contribution is 2.17. The lowest BCUT2D eigenvalue weighted by Gasteiger charge is -2.17. The number of ether oxygens (including phenoxy) is 1. The number of carbonyl (C=O) groups is 2. The normalized spacial score (nSPS) is 9.88. The molecule has 4 nitrogen and oxygen atoms in total. The molecule has 0 aliphatic heterocycles. The summed E-state index contributed by atoms with van der Waals surface area (Å²) in [5.74, 6) is -1.48. The van der Waals surface area contributed by atoms with Gasteiger partial charge in [-0.25, -0.2) is 4.79 Å². The standard InChI is InChI=1S/C13H17NO3/c1-5-17-13(16)12(15)14(4)11-7-6-9(2)10(3)8-11/h6-8H,5H2,1-4H3. The second-order valence-electron chi connectivity index (χ2n) is 3.85. The van der Waals surface area contributed by atoms with Crippen LogP contribution < -0.4 is 4.90 Å². The molecule has 0 saturated heterocycles. The lowest BCUT2D eigenvalue weighted by molar-refractivity contribution is -0.153. The molecule has 4 heteroatoms. The Morgan fingerprint density at radius 2 is 1.88 bits per heavy atom. The van der Waals surface area contributed by atoms with Crippen LogP contribution in [0.1, 0.15) is 18.1 Å². The molecule has 0 N–H and O–H groups in total. The van der Waals surface area contributed by atoms with Crippen LogP contribution in [0.25, 0.3) is 0 Å². The minimum absolute atomic E-state index is 0.200. The maximum Gasteiger partial charge on any atom is 0.397 e. The zero-order valence-corrected chi connectivity index (χ0v) is 10.6. The van der Waals surface area contributed by atoms with Gasteiger partial charge in [-0.1, -0.05) is 6.07 Å². The van der Waals surface area contributed by atoms with Crippen LogP contribution in [0.3, 0.4) is 0 Å². The van der Waals surface area contributed by atoms with E-state index in [0.717, 1.165) is 11.1 Å². The zero-order chi connectivity index (χ0) is 13.0. The fourth-order valence-electron chi connectivity index (χ4n) is 1.38. The van der Waals surface area contributed by atoms with Gasteiger partial charge in [0.05, 0.1) is 6.61 Å². The van der Waals surface area contributed by atoms with Crippen LogP contribution in [0.5, 0.6) is 0 Å². The van der Waals surface area contributed by atoms with E-state index in [2.05, 4.69) is 4.74 Å². The van der Waals surface area contributed by atoms with Crippen molar-refractivity contribution in [2.24, 2.45) is 0 Å². The monoisotopic (exact) mass is 235 g/mol. The van der Waals surface area contributed by atoms with Gasteiger partial charge in [-0.05, 0) is 44.0 Å². The number of esters is 1. The van der Waals surface area contributed by atoms with Gasteiger partial charge in [0.1, 0.15) is 0 Å². The first-order valence-corrected chi connectivity index (χ1v) is 5.49. The van der Waals surface area contributed by atoms with Crippen molar-refractivity contribution in [1.82, 2.24) is 0 Å². The maximum absolute atomic E-state index is 11.7. The third-order valence-corrected chi connectivity index (χ3v) is 2.63. The Bertz CT molecular complexity index is 440. The lowest BCUT2D eigenvalue weighted by Crippen LogP contribution is -2.34. The topological polar surface area (TPSA) is 46.6 Å². The van der Waals surface area contributed by atoms with Crippen molar-refractivity contribution in [3.8, 4) is 0 Å². The fraction of sp³-hybridized carbons (Fsp3) is 0.385. The summed E-state index contributed by atoms with van der Waals surface area (Å²) in [6.45, 7) is 5.82. The number of amides is 1. The second kappa shape index (κ2) is 5.48. The van der Waals surface area contributed by atoms with Gasteiger partial charge in [-0.3, -0.25) is 4.79 Å². The van der Waals surface area contributed by atoms with E-state index in [0.29, 0.717) is 5.69 Å². The van der Waals surface area contributed by atoms with Crippen LogP contribution in [-0.4, -0.2) is 25.5 Å². The molecule has 92 valence electrons. The van der Waals surface area contributed by atoms with Gasteiger partial charge >= 0.3 is 11.9 Å². The Kier molecular flexibility index (Phi) is 4.26. The number of aryl methyl sites for hydroxylation is 2. The first-order valence-electron chi connectivity index (χ1n) is 5.49. The molecule has 1 rings (SSSR count). The molecule has 17 heavy (non-hydrogen) atoms. The third kappa shape index (κ3) is 3.06. The van der Waals surface area contributed by atoms with Gasteiger partial charge in [0.15, 0.2) is 0 Å². The van der Waals surface area contributed by atoms with Gasteiger partial charge < -0.3 is 9.64 Å². The Morgan fingerprint density at radius 3 is 2.41 bits per heavy atom. The molecule has 1 aromatic rings. The quantitative estimate of drug-likeness (QED) is 0.580. The molecule has 0 radical (unpaired) electrons. The summed E-state index contributed by atoms with van der Waals surface area (Å²) >= 11 is 0. The van der Waals surface area contributed by atoms with E-state index in [4.69, 9.17) is 0 Å². The molecule has 0 saturated carbocycles. The molecule has 0 aliphatic carbocycles. The van der Waals surface area contributed by atoms with Crippen LogP contribution in [0, 0.1) is 13.8 Å². The Hall–Kier alpha value is -1.84. The minimum Gasteiger partial charge on any atom is -0.459 e. The zero-order valence-electron chi connectivity index (χ0n) is 10.6. The smallest absolute Gasteiger partial charge is 0.397 e. The minimum atomic E-state index is -0.826. The molecule has 0 heterocycles. The SMILES string of the molecule is CCOC(=O)C(=O)N(C)c1ccc(C)c(C)c1.